The summed E-state index contributed by atoms with van der Waals surface area (Å²) in [5, 5.41) is 2.87. The van der Waals surface area contributed by atoms with Gasteiger partial charge in [-0.05, 0) is 36.6 Å². The van der Waals surface area contributed by atoms with Gasteiger partial charge in [0.2, 0.25) is 5.91 Å². The summed E-state index contributed by atoms with van der Waals surface area (Å²) in [5.41, 5.74) is 5.73. The van der Waals surface area contributed by atoms with Gasteiger partial charge in [0, 0.05) is 12.1 Å². The summed E-state index contributed by atoms with van der Waals surface area (Å²) in [6.07, 6.45) is 6.69. The maximum Gasteiger partial charge on any atom is 0.255 e. The Balaban J connectivity index is 1.73. The molecule has 0 heterocycles. The third-order valence-electron chi connectivity index (χ3n) is 3.77. The van der Waals surface area contributed by atoms with E-state index < -0.39 is 5.91 Å². The minimum absolute atomic E-state index is 0.0488. The van der Waals surface area contributed by atoms with Gasteiger partial charge < -0.3 is 15.8 Å². The van der Waals surface area contributed by atoms with E-state index in [1.165, 1.54) is 25.7 Å². The van der Waals surface area contributed by atoms with Crippen LogP contribution < -0.4 is 15.8 Å². The number of amides is 2. The lowest BCUT2D eigenvalue weighted by atomic mass is 10.0. The van der Waals surface area contributed by atoms with E-state index >= 15 is 0 Å². The molecule has 0 unspecified atom stereocenters. The molecule has 0 aromatic heterocycles. The predicted molar refractivity (Wildman–Crippen MR) is 81.0 cm³/mol. The Bertz CT molecular complexity index is 479. The van der Waals surface area contributed by atoms with E-state index in [1.807, 2.05) is 0 Å². The molecule has 0 atom stereocenters. The lowest BCUT2D eigenvalue weighted by molar-refractivity contribution is -0.120. The second-order valence-corrected chi connectivity index (χ2v) is 5.52. The largest absolute Gasteiger partial charge is 0.484 e. The molecule has 1 aliphatic rings. The van der Waals surface area contributed by atoms with Crippen molar-refractivity contribution >= 4 is 17.5 Å². The van der Waals surface area contributed by atoms with Gasteiger partial charge in [-0.2, -0.15) is 0 Å². The second-order valence-electron chi connectivity index (χ2n) is 5.52. The summed E-state index contributed by atoms with van der Waals surface area (Å²) < 4.78 is 5.16. The van der Waals surface area contributed by atoms with Gasteiger partial charge in [0.1, 0.15) is 5.75 Å². The number of rotatable bonds is 7. The fraction of sp³-hybridized carbons (Fsp3) is 0.500. The average Bonchev–Trinajstić information content (AvgIpc) is 2.98. The molecule has 0 spiro atoms. The van der Waals surface area contributed by atoms with Crippen molar-refractivity contribution in [3.63, 3.8) is 0 Å². The first kappa shape index (κ1) is 15.4. The highest BCUT2D eigenvalue weighted by Crippen LogP contribution is 2.28. The molecule has 0 saturated heterocycles. The first-order valence-corrected chi connectivity index (χ1v) is 7.44. The highest BCUT2D eigenvalue weighted by molar-refractivity contribution is 5.90. The Morgan fingerprint density at radius 3 is 2.48 bits per heavy atom. The molecule has 114 valence electrons. The lowest BCUT2D eigenvalue weighted by Crippen LogP contribution is -2.20. The van der Waals surface area contributed by atoms with Gasteiger partial charge in [0.05, 0.1) is 0 Å². The zero-order valence-corrected chi connectivity index (χ0v) is 12.1. The molecule has 1 aromatic rings. The minimum atomic E-state index is -0.515. The van der Waals surface area contributed by atoms with Crippen molar-refractivity contribution in [2.75, 3.05) is 11.9 Å². The maximum absolute atomic E-state index is 11.9. The zero-order chi connectivity index (χ0) is 15.1. The topological polar surface area (TPSA) is 81.4 Å². The quantitative estimate of drug-likeness (QED) is 0.809. The van der Waals surface area contributed by atoms with Crippen LogP contribution >= 0.6 is 0 Å². The monoisotopic (exact) mass is 290 g/mol. The van der Waals surface area contributed by atoms with Crippen molar-refractivity contribution in [1.29, 1.82) is 0 Å². The van der Waals surface area contributed by atoms with Crippen LogP contribution in [0, 0.1) is 5.92 Å². The van der Waals surface area contributed by atoms with Crippen molar-refractivity contribution in [3.05, 3.63) is 24.3 Å². The van der Waals surface area contributed by atoms with Crippen LogP contribution in [0.3, 0.4) is 0 Å². The van der Waals surface area contributed by atoms with Crippen LogP contribution in [-0.2, 0) is 9.59 Å². The first-order chi connectivity index (χ1) is 10.1. The number of nitrogens with one attached hydrogen (secondary N) is 1. The molecule has 0 bridgehead atoms. The fourth-order valence-corrected chi connectivity index (χ4v) is 2.65. The molecule has 21 heavy (non-hydrogen) atoms. The van der Waals surface area contributed by atoms with Crippen molar-refractivity contribution in [2.45, 2.75) is 38.5 Å². The highest BCUT2D eigenvalue weighted by atomic mass is 16.5. The van der Waals surface area contributed by atoms with E-state index in [9.17, 15) is 9.59 Å². The molecule has 5 heteroatoms. The Kier molecular flexibility index (Phi) is 5.60. The summed E-state index contributed by atoms with van der Waals surface area (Å²) >= 11 is 0. The molecule has 1 aromatic carbocycles. The highest BCUT2D eigenvalue weighted by Gasteiger charge is 2.16. The lowest BCUT2D eigenvalue weighted by Gasteiger charge is -2.10. The SMILES string of the molecule is NC(=O)COc1ccc(NC(=O)CCC2CCCC2)cc1. The van der Waals surface area contributed by atoms with E-state index in [-0.39, 0.29) is 12.5 Å². The van der Waals surface area contributed by atoms with E-state index in [4.69, 9.17) is 10.5 Å². The molecule has 0 aliphatic heterocycles. The van der Waals surface area contributed by atoms with Gasteiger partial charge >= 0.3 is 0 Å². The number of nitrogens with two attached hydrogens (primary N) is 1. The van der Waals surface area contributed by atoms with E-state index in [0.717, 1.165) is 18.0 Å². The summed E-state index contributed by atoms with van der Waals surface area (Å²) in [5.74, 6) is 0.810. The number of anilines is 1. The van der Waals surface area contributed by atoms with Crippen LogP contribution in [0.5, 0.6) is 5.75 Å². The molecule has 2 rings (SSSR count). The van der Waals surface area contributed by atoms with Crippen LogP contribution in [0.1, 0.15) is 38.5 Å². The van der Waals surface area contributed by atoms with Crippen molar-refractivity contribution in [2.24, 2.45) is 11.7 Å². The zero-order valence-electron chi connectivity index (χ0n) is 12.1. The van der Waals surface area contributed by atoms with Crippen molar-refractivity contribution in [3.8, 4) is 5.75 Å². The molecule has 5 nitrogen and oxygen atoms in total. The Morgan fingerprint density at radius 1 is 1.19 bits per heavy atom. The van der Waals surface area contributed by atoms with Gasteiger partial charge in [-0.3, -0.25) is 9.59 Å². The van der Waals surface area contributed by atoms with Crippen LogP contribution in [0.15, 0.2) is 24.3 Å². The number of hydrogen-bond acceptors (Lipinski definition) is 3. The Morgan fingerprint density at radius 2 is 1.86 bits per heavy atom. The average molecular weight is 290 g/mol. The summed E-state index contributed by atoms with van der Waals surface area (Å²) in [6, 6.07) is 6.92. The summed E-state index contributed by atoms with van der Waals surface area (Å²) in [6.45, 7) is -0.146. The molecule has 2 amide bonds. The molecular formula is C16H22N2O3. The molecule has 1 aliphatic carbocycles. The third kappa shape index (κ3) is 5.45. The number of ether oxygens (including phenoxy) is 1. The summed E-state index contributed by atoms with van der Waals surface area (Å²) in [4.78, 5) is 22.5. The molecule has 1 saturated carbocycles. The van der Waals surface area contributed by atoms with Crippen LogP contribution in [0.4, 0.5) is 5.69 Å². The smallest absolute Gasteiger partial charge is 0.255 e. The molecule has 3 N–H and O–H groups in total. The number of hydrogen-bond donors (Lipinski definition) is 2. The molecule has 0 radical (unpaired) electrons. The van der Waals surface area contributed by atoms with Gasteiger partial charge in [0.15, 0.2) is 6.61 Å². The second kappa shape index (κ2) is 7.67. The number of benzene rings is 1. The number of carbonyl (C=O) groups excluding carboxylic acids is 2. The molecular weight excluding hydrogens is 268 g/mol. The predicted octanol–water partition coefficient (Wildman–Crippen LogP) is 2.46. The van der Waals surface area contributed by atoms with E-state index in [0.29, 0.717) is 12.2 Å². The van der Waals surface area contributed by atoms with Crippen molar-refractivity contribution < 1.29 is 14.3 Å². The van der Waals surface area contributed by atoms with Gasteiger partial charge in [-0.15, -0.1) is 0 Å². The minimum Gasteiger partial charge on any atom is -0.484 e. The molecule has 1 fully saturated rings. The fourth-order valence-electron chi connectivity index (χ4n) is 2.65. The van der Waals surface area contributed by atoms with Crippen LogP contribution in [0.2, 0.25) is 0 Å². The van der Waals surface area contributed by atoms with Crippen LogP contribution in [0.25, 0.3) is 0 Å². The number of primary amides is 1. The van der Waals surface area contributed by atoms with Crippen LogP contribution in [-0.4, -0.2) is 18.4 Å². The maximum atomic E-state index is 11.9. The van der Waals surface area contributed by atoms with Gasteiger partial charge in [-0.25, -0.2) is 0 Å². The normalized spacial score (nSPS) is 14.9. The third-order valence-corrected chi connectivity index (χ3v) is 3.77. The summed E-state index contributed by atoms with van der Waals surface area (Å²) in [7, 11) is 0. The van der Waals surface area contributed by atoms with E-state index in [1.54, 1.807) is 24.3 Å². The Labute approximate surface area is 124 Å². The number of carbonyl (C=O) groups is 2. The Hall–Kier alpha value is -2.04. The van der Waals surface area contributed by atoms with E-state index in [2.05, 4.69) is 5.32 Å². The standard InChI is InChI=1S/C16H22N2O3/c17-15(19)11-21-14-8-6-13(7-9-14)18-16(20)10-5-12-3-1-2-4-12/h6-9,12H,1-5,10-11H2,(H2,17,19)(H,18,20). The first-order valence-electron chi connectivity index (χ1n) is 7.44. The van der Waals surface area contributed by atoms with Crippen molar-refractivity contribution in [1.82, 2.24) is 0 Å². The van der Waals surface area contributed by atoms with Gasteiger partial charge in [0.25, 0.3) is 5.91 Å². The van der Waals surface area contributed by atoms with Gasteiger partial charge in [-0.1, -0.05) is 25.7 Å².